The van der Waals surface area contributed by atoms with Gasteiger partial charge in [-0.1, -0.05) is 19.9 Å². The molecule has 1 rings (SSSR count). The molecule has 1 aromatic rings. The third-order valence-corrected chi connectivity index (χ3v) is 2.25. The molecule has 0 aliphatic heterocycles. The Morgan fingerprint density at radius 3 is 2.47 bits per heavy atom. The van der Waals surface area contributed by atoms with Crippen molar-refractivity contribution in [2.45, 2.75) is 19.8 Å². The zero-order valence-electron chi connectivity index (χ0n) is 9.11. The Kier molecular flexibility index (Phi) is 3.61. The van der Waals surface area contributed by atoms with Gasteiger partial charge in [0.1, 0.15) is 0 Å². The predicted molar refractivity (Wildman–Crippen MR) is 58.7 cm³/mol. The smallest absolute Gasteiger partial charge is 0.230 e. The minimum Gasteiger partial charge on any atom is -0.493 e. The highest BCUT2D eigenvalue weighted by atomic mass is 16.5. The van der Waals surface area contributed by atoms with Gasteiger partial charge in [0, 0.05) is 0 Å². The van der Waals surface area contributed by atoms with Crippen LogP contribution in [-0.2, 0) is 0 Å². The molecule has 0 aromatic heterocycles. The van der Waals surface area contributed by atoms with Crippen LogP contribution >= 0.6 is 0 Å². The SMILES string of the molecule is COc1cc(C(C)C)ccc(C=O)c1=O. The minimum absolute atomic E-state index is 0.124. The van der Waals surface area contributed by atoms with Gasteiger partial charge in [-0.25, -0.2) is 0 Å². The fourth-order valence-electron chi connectivity index (χ4n) is 1.27. The lowest BCUT2D eigenvalue weighted by Crippen LogP contribution is -2.07. The molecule has 0 amide bonds. The molecule has 1 aromatic carbocycles. The largest absolute Gasteiger partial charge is 0.493 e. The third kappa shape index (κ3) is 2.43. The summed E-state index contributed by atoms with van der Waals surface area (Å²) in [5, 5.41) is 0. The summed E-state index contributed by atoms with van der Waals surface area (Å²) in [6, 6.07) is 4.99. The van der Waals surface area contributed by atoms with E-state index in [0.717, 1.165) is 5.56 Å². The number of methoxy groups -OCH3 is 1. The third-order valence-electron chi connectivity index (χ3n) is 2.25. The molecule has 0 saturated carbocycles. The van der Waals surface area contributed by atoms with E-state index in [4.69, 9.17) is 4.74 Å². The summed E-state index contributed by atoms with van der Waals surface area (Å²) in [4.78, 5) is 22.3. The topological polar surface area (TPSA) is 43.4 Å². The van der Waals surface area contributed by atoms with Crippen molar-refractivity contribution in [2.24, 2.45) is 0 Å². The van der Waals surface area contributed by atoms with Crippen molar-refractivity contribution in [2.75, 3.05) is 7.11 Å². The molecule has 0 fully saturated rings. The maximum Gasteiger partial charge on any atom is 0.230 e. The molecule has 0 radical (unpaired) electrons. The van der Waals surface area contributed by atoms with Crippen LogP contribution < -0.4 is 10.2 Å². The molecule has 3 nitrogen and oxygen atoms in total. The van der Waals surface area contributed by atoms with Crippen molar-refractivity contribution in [1.82, 2.24) is 0 Å². The Morgan fingerprint density at radius 1 is 1.33 bits per heavy atom. The molecule has 0 N–H and O–H groups in total. The van der Waals surface area contributed by atoms with Crippen molar-refractivity contribution >= 4 is 6.29 Å². The van der Waals surface area contributed by atoms with E-state index in [9.17, 15) is 9.59 Å². The van der Waals surface area contributed by atoms with Gasteiger partial charge in [-0.3, -0.25) is 9.59 Å². The van der Waals surface area contributed by atoms with Crippen molar-refractivity contribution in [3.63, 3.8) is 0 Å². The highest BCUT2D eigenvalue weighted by Gasteiger charge is 2.06. The van der Waals surface area contributed by atoms with Crippen molar-refractivity contribution in [3.8, 4) is 5.75 Å². The Morgan fingerprint density at radius 2 is 2.00 bits per heavy atom. The lowest BCUT2D eigenvalue weighted by Gasteiger charge is -2.01. The van der Waals surface area contributed by atoms with Crippen molar-refractivity contribution < 1.29 is 9.53 Å². The van der Waals surface area contributed by atoms with Crippen LogP contribution in [0.4, 0.5) is 0 Å². The van der Waals surface area contributed by atoms with Gasteiger partial charge in [-0.2, -0.15) is 0 Å². The van der Waals surface area contributed by atoms with Crippen LogP contribution in [0.3, 0.4) is 0 Å². The Balaban J connectivity index is 3.51. The molecular weight excluding hydrogens is 192 g/mol. The first-order valence-electron chi connectivity index (χ1n) is 4.77. The fraction of sp³-hybridized carbons (Fsp3) is 0.333. The molecule has 0 atom stereocenters. The summed E-state index contributed by atoms with van der Waals surface area (Å²) in [5.74, 6) is 0.496. The van der Waals surface area contributed by atoms with Gasteiger partial charge in [0.2, 0.25) is 5.43 Å². The molecule has 15 heavy (non-hydrogen) atoms. The summed E-state index contributed by atoms with van der Waals surface area (Å²) >= 11 is 0. The second-order valence-corrected chi connectivity index (χ2v) is 3.60. The van der Waals surface area contributed by atoms with Gasteiger partial charge in [0.15, 0.2) is 12.0 Å². The predicted octanol–water partition coefficient (Wildman–Crippen LogP) is 1.99. The van der Waals surface area contributed by atoms with Crippen molar-refractivity contribution in [3.05, 3.63) is 39.5 Å². The van der Waals surface area contributed by atoms with Crippen LogP contribution in [0.1, 0.15) is 35.7 Å². The van der Waals surface area contributed by atoms with E-state index < -0.39 is 0 Å². The first-order valence-corrected chi connectivity index (χ1v) is 4.77. The van der Waals surface area contributed by atoms with E-state index in [1.807, 2.05) is 13.8 Å². The molecule has 3 heteroatoms. The van der Waals surface area contributed by atoms with E-state index in [1.165, 1.54) is 13.2 Å². The second kappa shape index (κ2) is 4.73. The summed E-state index contributed by atoms with van der Waals surface area (Å²) in [6.07, 6.45) is 0.551. The molecule has 0 aliphatic rings. The van der Waals surface area contributed by atoms with Crippen LogP contribution in [0.25, 0.3) is 0 Å². The van der Waals surface area contributed by atoms with Gasteiger partial charge >= 0.3 is 0 Å². The van der Waals surface area contributed by atoms with E-state index in [-0.39, 0.29) is 22.7 Å². The number of aldehydes is 1. The molecule has 0 bridgehead atoms. The van der Waals surface area contributed by atoms with Gasteiger partial charge in [0.05, 0.1) is 12.7 Å². The normalized spacial score (nSPS) is 10.1. The van der Waals surface area contributed by atoms with Gasteiger partial charge < -0.3 is 4.74 Å². The van der Waals surface area contributed by atoms with Crippen LogP contribution in [0, 0.1) is 0 Å². The number of hydrogen-bond donors (Lipinski definition) is 0. The van der Waals surface area contributed by atoms with Crippen LogP contribution in [0.15, 0.2) is 23.0 Å². The lowest BCUT2D eigenvalue weighted by atomic mass is 10.1. The number of carbonyl (C=O) groups excluding carboxylic acids is 1. The van der Waals surface area contributed by atoms with Crippen molar-refractivity contribution in [1.29, 1.82) is 0 Å². The molecule has 0 aliphatic carbocycles. The Hall–Kier alpha value is -1.64. The number of hydrogen-bond acceptors (Lipinski definition) is 3. The van der Waals surface area contributed by atoms with Crippen LogP contribution in [0.2, 0.25) is 0 Å². The fourth-order valence-corrected chi connectivity index (χ4v) is 1.27. The lowest BCUT2D eigenvalue weighted by molar-refractivity contribution is 0.112. The summed E-state index contributed by atoms with van der Waals surface area (Å²) < 4.78 is 4.97. The first-order chi connectivity index (χ1) is 7.10. The standard InChI is InChI=1S/C12H14O3/c1-8(2)9-4-5-10(7-13)12(14)11(6-9)15-3/h4-8H,1-3H3. The van der Waals surface area contributed by atoms with Gasteiger partial charge in [0.25, 0.3) is 0 Å². The summed E-state index contributed by atoms with van der Waals surface area (Å²) in [6.45, 7) is 4.03. The molecule has 0 saturated heterocycles. The van der Waals surface area contributed by atoms with Crippen LogP contribution in [0.5, 0.6) is 5.75 Å². The maximum absolute atomic E-state index is 11.6. The summed E-state index contributed by atoms with van der Waals surface area (Å²) in [7, 11) is 1.43. The zero-order chi connectivity index (χ0) is 11.4. The highest BCUT2D eigenvalue weighted by Crippen LogP contribution is 2.16. The number of ether oxygens (including phenoxy) is 1. The van der Waals surface area contributed by atoms with E-state index in [1.54, 1.807) is 12.1 Å². The molecule has 0 spiro atoms. The number of rotatable bonds is 3. The Labute approximate surface area is 88.7 Å². The quantitative estimate of drug-likeness (QED) is 0.710. The first kappa shape index (κ1) is 11.4. The molecular formula is C12H14O3. The number of carbonyl (C=O) groups is 1. The molecule has 0 heterocycles. The Bertz CT molecular complexity index is 422. The highest BCUT2D eigenvalue weighted by molar-refractivity contribution is 5.75. The van der Waals surface area contributed by atoms with E-state index in [0.29, 0.717) is 6.29 Å². The summed E-state index contributed by atoms with van der Waals surface area (Å²) in [5.41, 5.74) is 0.732. The average Bonchev–Trinajstić information content (AvgIpc) is 2.37. The average molecular weight is 206 g/mol. The zero-order valence-corrected chi connectivity index (χ0v) is 9.11. The minimum atomic E-state index is -0.362. The molecule has 80 valence electrons. The van der Waals surface area contributed by atoms with E-state index >= 15 is 0 Å². The van der Waals surface area contributed by atoms with Crippen LogP contribution in [-0.4, -0.2) is 13.4 Å². The monoisotopic (exact) mass is 206 g/mol. The van der Waals surface area contributed by atoms with E-state index in [2.05, 4.69) is 0 Å². The maximum atomic E-state index is 11.6. The van der Waals surface area contributed by atoms with Gasteiger partial charge in [-0.15, -0.1) is 0 Å². The second-order valence-electron chi connectivity index (χ2n) is 3.60. The van der Waals surface area contributed by atoms with Gasteiger partial charge in [-0.05, 0) is 23.6 Å². The molecule has 0 unspecified atom stereocenters.